The minimum absolute atomic E-state index is 0.0369. The molecule has 2 N–H and O–H groups in total. The number of nitrogens with one attached hydrogen (secondary N) is 1. The van der Waals surface area contributed by atoms with E-state index < -0.39 is 22.0 Å². The first kappa shape index (κ1) is 15.3. The van der Waals surface area contributed by atoms with Gasteiger partial charge < -0.3 is 9.52 Å². The summed E-state index contributed by atoms with van der Waals surface area (Å²) in [6, 6.07) is 2.20. The normalized spacial score (nSPS) is 16.5. The Morgan fingerprint density at radius 1 is 1.45 bits per heavy atom. The lowest BCUT2D eigenvalue weighted by molar-refractivity contribution is -0.138. The van der Waals surface area contributed by atoms with E-state index in [4.69, 9.17) is 4.42 Å². The molecule has 0 aromatic carbocycles. The van der Waals surface area contributed by atoms with Gasteiger partial charge in [0.1, 0.15) is 10.3 Å². The topological polar surface area (TPSA) is 96.6 Å². The number of aliphatic carboxylic acids is 1. The Morgan fingerprint density at radius 2 is 2.23 bits per heavy atom. The van der Waals surface area contributed by atoms with E-state index in [1.54, 1.807) is 11.4 Å². The molecule has 1 aliphatic rings. The van der Waals surface area contributed by atoms with E-state index in [9.17, 15) is 18.3 Å². The summed E-state index contributed by atoms with van der Waals surface area (Å²) in [6.07, 6.45) is 4.83. The maximum absolute atomic E-state index is 12.5. The van der Waals surface area contributed by atoms with Gasteiger partial charge in [-0.25, -0.2) is 8.42 Å². The minimum Gasteiger partial charge on any atom is -0.480 e. The van der Waals surface area contributed by atoms with Crippen molar-refractivity contribution < 1.29 is 22.7 Å². The number of carboxylic acid groups (broad SMARTS) is 1. The van der Waals surface area contributed by atoms with E-state index in [2.05, 4.69) is 4.72 Å². The Balaban J connectivity index is 1.81. The second kappa shape index (κ2) is 5.86. The summed E-state index contributed by atoms with van der Waals surface area (Å²) in [6.45, 7) is 0. The quantitative estimate of drug-likeness (QED) is 0.805. The van der Waals surface area contributed by atoms with Crippen molar-refractivity contribution in [1.82, 2.24) is 4.72 Å². The van der Waals surface area contributed by atoms with Crippen molar-refractivity contribution in [3.63, 3.8) is 0 Å². The van der Waals surface area contributed by atoms with E-state index in [1.807, 2.05) is 6.07 Å². The van der Waals surface area contributed by atoms with Crippen molar-refractivity contribution in [2.45, 2.75) is 35.4 Å². The van der Waals surface area contributed by atoms with Crippen LogP contribution in [0.15, 0.2) is 38.7 Å². The van der Waals surface area contributed by atoms with E-state index in [0.717, 1.165) is 29.7 Å². The first-order valence-electron chi connectivity index (χ1n) is 6.81. The fourth-order valence-corrected chi connectivity index (χ4v) is 5.02. The minimum atomic E-state index is -3.84. The molecule has 8 heteroatoms. The molecule has 2 aromatic heterocycles. The highest BCUT2D eigenvalue weighted by atomic mass is 32.2. The average Bonchev–Trinajstić information content (AvgIpc) is 2.98. The van der Waals surface area contributed by atoms with Crippen LogP contribution in [0, 0.1) is 0 Å². The van der Waals surface area contributed by atoms with E-state index >= 15 is 0 Å². The molecular formula is C14H15NO5S2. The van der Waals surface area contributed by atoms with E-state index in [1.165, 1.54) is 12.5 Å². The molecule has 0 aliphatic heterocycles. The molecular weight excluding hydrogens is 326 g/mol. The molecule has 22 heavy (non-hydrogen) atoms. The van der Waals surface area contributed by atoms with Gasteiger partial charge in [-0.2, -0.15) is 4.72 Å². The fraction of sp³-hybridized carbons (Fsp3) is 0.357. The molecule has 0 spiro atoms. The van der Waals surface area contributed by atoms with Crippen molar-refractivity contribution in [1.29, 1.82) is 0 Å². The third-order valence-electron chi connectivity index (χ3n) is 3.54. The van der Waals surface area contributed by atoms with Crippen LogP contribution in [0.5, 0.6) is 0 Å². The number of thiophene rings is 1. The highest BCUT2D eigenvalue weighted by molar-refractivity contribution is 7.91. The van der Waals surface area contributed by atoms with Crippen LogP contribution in [-0.4, -0.2) is 25.5 Å². The third kappa shape index (κ3) is 3.23. The second-order valence-electron chi connectivity index (χ2n) is 5.29. The molecule has 0 amide bonds. The second-order valence-corrected chi connectivity index (χ2v) is 8.11. The van der Waals surface area contributed by atoms with Crippen molar-refractivity contribution >= 4 is 27.3 Å². The first-order valence-corrected chi connectivity index (χ1v) is 9.17. The average molecular weight is 341 g/mol. The zero-order chi connectivity index (χ0) is 15.7. The molecule has 0 saturated heterocycles. The smallest absolute Gasteiger partial charge is 0.322 e. The standard InChI is InChI=1S/C14H15NO5S2/c16-13(17)12(7-9-3-5-20-8-9)15-22(18,19)14-11(4-6-21-14)10-1-2-10/h3-6,8,10,12,15H,1-2,7H2,(H,16,17). The third-order valence-corrected chi connectivity index (χ3v) is 6.52. The van der Waals surface area contributed by atoms with Crippen LogP contribution < -0.4 is 4.72 Å². The van der Waals surface area contributed by atoms with Crippen molar-refractivity contribution in [3.8, 4) is 0 Å². The Morgan fingerprint density at radius 3 is 2.82 bits per heavy atom. The molecule has 0 radical (unpaired) electrons. The monoisotopic (exact) mass is 341 g/mol. The molecule has 2 heterocycles. The number of sulfonamides is 1. The number of furan rings is 1. The Hall–Kier alpha value is -1.64. The molecule has 1 atom stereocenters. The number of hydrogen-bond acceptors (Lipinski definition) is 5. The van der Waals surface area contributed by atoms with Gasteiger partial charge in [0.05, 0.1) is 12.5 Å². The van der Waals surface area contributed by atoms with E-state index in [-0.39, 0.29) is 16.5 Å². The summed E-state index contributed by atoms with van der Waals surface area (Å²) >= 11 is 1.12. The van der Waals surface area contributed by atoms with Gasteiger partial charge in [-0.05, 0) is 47.4 Å². The van der Waals surface area contributed by atoms with Crippen LogP contribution in [0.2, 0.25) is 0 Å². The first-order chi connectivity index (χ1) is 10.5. The predicted octanol–water partition coefficient (Wildman–Crippen LogP) is 2.19. The molecule has 0 bridgehead atoms. The highest BCUT2D eigenvalue weighted by Crippen LogP contribution is 2.44. The summed E-state index contributed by atoms with van der Waals surface area (Å²) < 4.78 is 32.4. The van der Waals surface area contributed by atoms with Gasteiger partial charge in [-0.3, -0.25) is 4.79 Å². The highest BCUT2D eigenvalue weighted by Gasteiger charge is 2.33. The number of hydrogen-bond donors (Lipinski definition) is 2. The SMILES string of the molecule is O=C(O)C(Cc1ccoc1)NS(=O)(=O)c1sccc1C1CC1. The molecule has 6 nitrogen and oxygen atoms in total. The summed E-state index contributed by atoms with van der Waals surface area (Å²) in [5, 5.41) is 11.0. The molecule has 118 valence electrons. The molecule has 3 rings (SSSR count). The maximum Gasteiger partial charge on any atom is 0.322 e. The van der Waals surface area contributed by atoms with Gasteiger partial charge in [0.2, 0.25) is 0 Å². The van der Waals surface area contributed by atoms with Crippen LogP contribution in [0.3, 0.4) is 0 Å². The number of carboxylic acids is 1. The van der Waals surface area contributed by atoms with Crippen molar-refractivity contribution in [2.24, 2.45) is 0 Å². The van der Waals surface area contributed by atoms with Gasteiger partial charge >= 0.3 is 5.97 Å². The van der Waals surface area contributed by atoms with Crippen LogP contribution in [0.25, 0.3) is 0 Å². The van der Waals surface area contributed by atoms with Gasteiger partial charge in [0.25, 0.3) is 10.0 Å². The largest absolute Gasteiger partial charge is 0.480 e. The molecule has 1 aliphatic carbocycles. The summed E-state index contributed by atoms with van der Waals surface area (Å²) in [5.41, 5.74) is 1.42. The summed E-state index contributed by atoms with van der Waals surface area (Å²) in [4.78, 5) is 11.4. The van der Waals surface area contributed by atoms with E-state index in [0.29, 0.717) is 5.56 Å². The predicted molar refractivity (Wildman–Crippen MR) is 80.5 cm³/mol. The maximum atomic E-state index is 12.5. The van der Waals surface area contributed by atoms with Gasteiger partial charge in [-0.1, -0.05) is 0 Å². The molecule has 2 aromatic rings. The van der Waals surface area contributed by atoms with Crippen molar-refractivity contribution in [2.75, 3.05) is 0 Å². The van der Waals surface area contributed by atoms with Crippen LogP contribution in [0.4, 0.5) is 0 Å². The lowest BCUT2D eigenvalue weighted by Crippen LogP contribution is -2.42. The number of carbonyl (C=O) groups is 1. The van der Waals surface area contributed by atoms with Gasteiger partial charge in [0, 0.05) is 6.42 Å². The Bertz CT molecular complexity index is 759. The van der Waals surface area contributed by atoms with Crippen LogP contribution >= 0.6 is 11.3 Å². The van der Waals surface area contributed by atoms with Gasteiger partial charge in [0.15, 0.2) is 0 Å². The van der Waals surface area contributed by atoms with Gasteiger partial charge in [-0.15, -0.1) is 11.3 Å². The number of rotatable bonds is 7. The Kier molecular flexibility index (Phi) is 4.07. The summed E-state index contributed by atoms with van der Waals surface area (Å²) in [5.74, 6) is -0.927. The molecule has 1 unspecified atom stereocenters. The molecule has 1 saturated carbocycles. The Labute approximate surface area is 131 Å². The van der Waals surface area contributed by atoms with Crippen molar-refractivity contribution in [3.05, 3.63) is 41.2 Å². The molecule has 1 fully saturated rings. The zero-order valence-electron chi connectivity index (χ0n) is 11.6. The summed E-state index contributed by atoms with van der Waals surface area (Å²) in [7, 11) is -3.84. The lowest BCUT2D eigenvalue weighted by atomic mass is 10.1. The van der Waals surface area contributed by atoms with Crippen LogP contribution in [0.1, 0.15) is 29.9 Å². The van der Waals surface area contributed by atoms with Crippen LogP contribution in [-0.2, 0) is 21.2 Å². The zero-order valence-corrected chi connectivity index (χ0v) is 13.2. The fourth-order valence-electron chi connectivity index (χ4n) is 2.29. The lowest BCUT2D eigenvalue weighted by Gasteiger charge is -2.14.